The minimum atomic E-state index is 0.843. The van der Waals surface area contributed by atoms with E-state index in [1.54, 1.807) is 0 Å². The third-order valence-electron chi connectivity index (χ3n) is 2.77. The average Bonchev–Trinajstić information content (AvgIpc) is 2.35. The van der Waals surface area contributed by atoms with Gasteiger partial charge in [0.15, 0.2) is 0 Å². The van der Waals surface area contributed by atoms with E-state index in [0.29, 0.717) is 0 Å². The minimum absolute atomic E-state index is 0.843. The normalized spacial score (nSPS) is 10.4. The van der Waals surface area contributed by atoms with E-state index >= 15 is 0 Å². The summed E-state index contributed by atoms with van der Waals surface area (Å²) in [5, 5.41) is 0.843. The molecule has 0 unspecified atom stereocenters. The van der Waals surface area contributed by atoms with Gasteiger partial charge < -0.3 is 4.74 Å². The summed E-state index contributed by atoms with van der Waals surface area (Å²) in [6, 6.07) is 12.3. The zero-order valence-corrected chi connectivity index (χ0v) is 13.5. The quantitative estimate of drug-likeness (QED) is 0.625. The first-order valence-electron chi connectivity index (χ1n) is 5.70. The van der Waals surface area contributed by atoms with Gasteiger partial charge in [-0.2, -0.15) is 0 Å². The first kappa shape index (κ1) is 13.6. The summed E-state index contributed by atoms with van der Waals surface area (Å²) in [7, 11) is 0. The summed E-state index contributed by atoms with van der Waals surface area (Å²) in [5.41, 5.74) is 3.51. The maximum atomic E-state index is 6.01. The Balaban J connectivity index is 2.34. The molecule has 0 fully saturated rings. The molecule has 0 spiro atoms. The van der Waals surface area contributed by atoms with Crippen molar-refractivity contribution >= 4 is 31.9 Å². The van der Waals surface area contributed by atoms with E-state index in [1.807, 2.05) is 12.1 Å². The number of hydrogen-bond acceptors (Lipinski definition) is 1. The van der Waals surface area contributed by atoms with E-state index in [0.717, 1.165) is 32.4 Å². The number of rotatable bonds is 3. The second kappa shape index (κ2) is 5.89. The number of aryl methyl sites for hydroxylation is 2. The molecular formula is C15H14Br2O. The van der Waals surface area contributed by atoms with Crippen LogP contribution < -0.4 is 4.74 Å². The first-order chi connectivity index (χ1) is 8.61. The van der Waals surface area contributed by atoms with Crippen molar-refractivity contribution in [2.45, 2.75) is 19.2 Å². The molecule has 0 aliphatic heterocycles. The van der Waals surface area contributed by atoms with Crippen LogP contribution in [0.3, 0.4) is 0 Å². The van der Waals surface area contributed by atoms with Gasteiger partial charge >= 0.3 is 0 Å². The Morgan fingerprint density at radius 3 is 2.28 bits per heavy atom. The van der Waals surface area contributed by atoms with E-state index in [-0.39, 0.29) is 0 Å². The molecule has 94 valence electrons. The van der Waals surface area contributed by atoms with Gasteiger partial charge in [-0.25, -0.2) is 0 Å². The molecule has 2 rings (SSSR count). The number of ether oxygens (including phenoxy) is 1. The highest BCUT2D eigenvalue weighted by atomic mass is 79.9. The van der Waals surface area contributed by atoms with E-state index < -0.39 is 0 Å². The smallest absolute Gasteiger partial charge is 0.141 e. The fourth-order valence-electron chi connectivity index (χ4n) is 1.78. The lowest BCUT2D eigenvalue weighted by Gasteiger charge is -2.13. The predicted octanol–water partition coefficient (Wildman–Crippen LogP) is 5.75. The number of alkyl halides is 1. The SMILES string of the molecule is Cc1cccc(C)c1Oc1ccc(CBr)cc1Br. The summed E-state index contributed by atoms with van der Waals surface area (Å²) in [6.45, 7) is 4.12. The molecule has 0 saturated carbocycles. The van der Waals surface area contributed by atoms with Crippen LogP contribution in [0.5, 0.6) is 11.5 Å². The lowest BCUT2D eigenvalue weighted by Crippen LogP contribution is -1.92. The fourth-order valence-corrected chi connectivity index (χ4v) is 2.64. The highest BCUT2D eigenvalue weighted by Crippen LogP contribution is 2.34. The maximum absolute atomic E-state index is 6.01. The maximum Gasteiger partial charge on any atom is 0.141 e. The van der Waals surface area contributed by atoms with Crippen LogP contribution in [-0.2, 0) is 5.33 Å². The van der Waals surface area contributed by atoms with Crippen molar-refractivity contribution < 1.29 is 4.74 Å². The van der Waals surface area contributed by atoms with Crippen molar-refractivity contribution in [1.82, 2.24) is 0 Å². The van der Waals surface area contributed by atoms with Crippen LogP contribution in [0.2, 0.25) is 0 Å². The molecule has 0 radical (unpaired) electrons. The van der Waals surface area contributed by atoms with Crippen LogP contribution in [0.25, 0.3) is 0 Å². The van der Waals surface area contributed by atoms with Gasteiger partial charge in [0, 0.05) is 5.33 Å². The lowest BCUT2D eigenvalue weighted by atomic mass is 10.1. The molecular weight excluding hydrogens is 356 g/mol. The van der Waals surface area contributed by atoms with E-state index in [4.69, 9.17) is 4.74 Å². The fraction of sp³-hybridized carbons (Fsp3) is 0.200. The second-order valence-electron chi connectivity index (χ2n) is 4.22. The Morgan fingerprint density at radius 1 is 1.06 bits per heavy atom. The number of para-hydroxylation sites is 1. The van der Waals surface area contributed by atoms with Crippen LogP contribution in [0.15, 0.2) is 40.9 Å². The second-order valence-corrected chi connectivity index (χ2v) is 5.64. The highest BCUT2D eigenvalue weighted by molar-refractivity contribution is 9.10. The van der Waals surface area contributed by atoms with Gasteiger partial charge in [0.1, 0.15) is 11.5 Å². The van der Waals surface area contributed by atoms with Crippen molar-refractivity contribution in [3.8, 4) is 11.5 Å². The molecule has 0 amide bonds. The van der Waals surface area contributed by atoms with Crippen molar-refractivity contribution in [2.75, 3.05) is 0 Å². The van der Waals surface area contributed by atoms with Crippen molar-refractivity contribution in [3.63, 3.8) is 0 Å². The van der Waals surface area contributed by atoms with Crippen molar-refractivity contribution in [3.05, 3.63) is 57.6 Å². The Kier molecular flexibility index (Phi) is 4.46. The first-order valence-corrected chi connectivity index (χ1v) is 7.61. The van der Waals surface area contributed by atoms with Crippen LogP contribution in [0, 0.1) is 13.8 Å². The van der Waals surface area contributed by atoms with E-state index in [9.17, 15) is 0 Å². The van der Waals surface area contributed by atoms with Gasteiger partial charge in [0.2, 0.25) is 0 Å². The van der Waals surface area contributed by atoms with Crippen LogP contribution in [0.1, 0.15) is 16.7 Å². The molecule has 18 heavy (non-hydrogen) atoms. The zero-order valence-electron chi connectivity index (χ0n) is 10.3. The summed E-state index contributed by atoms with van der Waals surface area (Å²) in [6.07, 6.45) is 0. The summed E-state index contributed by atoms with van der Waals surface area (Å²) in [4.78, 5) is 0. The van der Waals surface area contributed by atoms with Crippen LogP contribution in [0.4, 0.5) is 0 Å². The summed E-state index contributed by atoms with van der Waals surface area (Å²) >= 11 is 6.99. The topological polar surface area (TPSA) is 9.23 Å². The lowest BCUT2D eigenvalue weighted by molar-refractivity contribution is 0.472. The van der Waals surface area contributed by atoms with E-state index in [2.05, 4.69) is 70.0 Å². The standard InChI is InChI=1S/C15H14Br2O/c1-10-4-3-5-11(2)15(10)18-14-7-6-12(9-16)8-13(14)17/h3-8H,9H2,1-2H3. The number of benzene rings is 2. The van der Waals surface area contributed by atoms with Gasteiger partial charge in [-0.1, -0.05) is 40.2 Å². The molecule has 0 atom stereocenters. The van der Waals surface area contributed by atoms with Gasteiger partial charge in [0.25, 0.3) is 0 Å². The van der Waals surface area contributed by atoms with Gasteiger partial charge in [0.05, 0.1) is 4.47 Å². The molecule has 0 bridgehead atoms. The summed E-state index contributed by atoms with van der Waals surface area (Å²) in [5.74, 6) is 1.78. The molecule has 0 saturated heterocycles. The average molecular weight is 370 g/mol. The molecule has 1 nitrogen and oxygen atoms in total. The van der Waals surface area contributed by atoms with Crippen LogP contribution in [-0.4, -0.2) is 0 Å². The number of halogens is 2. The number of hydrogen-bond donors (Lipinski definition) is 0. The van der Waals surface area contributed by atoms with Gasteiger partial charge in [-0.3, -0.25) is 0 Å². The molecule has 2 aromatic carbocycles. The molecule has 0 N–H and O–H groups in total. The Morgan fingerprint density at radius 2 is 1.72 bits per heavy atom. The Bertz CT molecular complexity index is 544. The third kappa shape index (κ3) is 2.96. The van der Waals surface area contributed by atoms with Crippen molar-refractivity contribution in [1.29, 1.82) is 0 Å². The highest BCUT2D eigenvalue weighted by Gasteiger charge is 2.08. The minimum Gasteiger partial charge on any atom is -0.456 e. The summed E-state index contributed by atoms with van der Waals surface area (Å²) < 4.78 is 6.98. The van der Waals surface area contributed by atoms with Crippen molar-refractivity contribution in [2.24, 2.45) is 0 Å². The van der Waals surface area contributed by atoms with Gasteiger partial charge in [-0.15, -0.1) is 0 Å². The largest absolute Gasteiger partial charge is 0.456 e. The molecule has 0 heterocycles. The molecule has 0 aliphatic carbocycles. The van der Waals surface area contributed by atoms with Crippen LogP contribution >= 0.6 is 31.9 Å². The Labute approximate surface area is 124 Å². The molecule has 3 heteroatoms. The molecule has 0 aliphatic rings. The van der Waals surface area contributed by atoms with Gasteiger partial charge in [-0.05, 0) is 58.6 Å². The van der Waals surface area contributed by atoms with E-state index in [1.165, 1.54) is 5.56 Å². The predicted molar refractivity (Wildman–Crippen MR) is 82.8 cm³/mol. The monoisotopic (exact) mass is 368 g/mol. The molecule has 2 aromatic rings. The molecule has 0 aromatic heterocycles. The third-order valence-corrected chi connectivity index (χ3v) is 4.04. The zero-order chi connectivity index (χ0) is 13.1. The Hall–Kier alpha value is -0.800.